The molecule has 1 aliphatic carbocycles. The van der Waals surface area contributed by atoms with Crippen LogP contribution in [0.5, 0.6) is 0 Å². The number of nitrogens with zero attached hydrogens (tertiary/aromatic N) is 2. The molecule has 2 unspecified atom stereocenters. The van der Waals surface area contributed by atoms with Gasteiger partial charge in [-0.25, -0.2) is 4.98 Å². The second-order valence-corrected chi connectivity index (χ2v) is 4.36. The number of hydrogen-bond donors (Lipinski definition) is 1. The van der Waals surface area contributed by atoms with E-state index in [1.54, 1.807) is 6.20 Å². The summed E-state index contributed by atoms with van der Waals surface area (Å²) < 4.78 is 2.07. The first-order chi connectivity index (χ1) is 6.81. The van der Waals surface area contributed by atoms with Crippen LogP contribution in [0.4, 0.5) is 0 Å². The first kappa shape index (κ1) is 9.99. The highest BCUT2D eigenvalue weighted by Gasteiger charge is 2.23. The van der Waals surface area contributed by atoms with Gasteiger partial charge < -0.3 is 10.3 Å². The van der Waals surface area contributed by atoms with E-state index in [0.717, 1.165) is 13.0 Å². The molecular weight excluding hydrogens is 198 g/mol. The molecule has 0 bridgehead atoms. The van der Waals surface area contributed by atoms with Crippen molar-refractivity contribution in [2.45, 2.75) is 31.7 Å². The smallest absolute Gasteiger partial charge is 0.202 e. The van der Waals surface area contributed by atoms with E-state index >= 15 is 0 Å². The van der Waals surface area contributed by atoms with Gasteiger partial charge in [-0.2, -0.15) is 0 Å². The highest BCUT2D eigenvalue weighted by molar-refractivity contribution is 6.28. The number of imidazole rings is 1. The van der Waals surface area contributed by atoms with Crippen LogP contribution < -0.4 is 5.73 Å². The normalized spacial score (nSPS) is 27.9. The molecule has 78 valence electrons. The maximum atomic E-state index is 5.98. The summed E-state index contributed by atoms with van der Waals surface area (Å²) in [6.07, 6.45) is 8.58. The minimum atomic E-state index is 0.507. The molecule has 0 spiro atoms. The monoisotopic (exact) mass is 213 g/mol. The Kier molecular flexibility index (Phi) is 3.08. The second kappa shape index (κ2) is 4.32. The molecule has 1 aliphatic rings. The topological polar surface area (TPSA) is 43.8 Å². The van der Waals surface area contributed by atoms with Gasteiger partial charge in [0.1, 0.15) is 0 Å². The lowest BCUT2D eigenvalue weighted by atomic mass is 9.86. The third-order valence-corrected chi connectivity index (χ3v) is 3.40. The van der Waals surface area contributed by atoms with Gasteiger partial charge in [-0.05, 0) is 43.3 Å². The molecule has 1 fully saturated rings. The van der Waals surface area contributed by atoms with Crippen LogP contribution in [0.2, 0.25) is 5.28 Å². The molecular formula is C10H16ClN3. The van der Waals surface area contributed by atoms with E-state index in [0.29, 0.717) is 17.2 Å². The third kappa shape index (κ3) is 1.93. The molecule has 0 aromatic carbocycles. The maximum absolute atomic E-state index is 5.98. The molecule has 14 heavy (non-hydrogen) atoms. The minimum Gasteiger partial charge on any atom is -0.330 e. The van der Waals surface area contributed by atoms with Crippen molar-refractivity contribution in [3.8, 4) is 0 Å². The summed E-state index contributed by atoms with van der Waals surface area (Å²) in [6.45, 7) is 0.794. The number of halogens is 1. The van der Waals surface area contributed by atoms with Gasteiger partial charge in [0.05, 0.1) is 0 Å². The molecule has 2 N–H and O–H groups in total. The van der Waals surface area contributed by atoms with Crippen molar-refractivity contribution in [3.05, 3.63) is 17.7 Å². The Bertz CT molecular complexity index is 297. The van der Waals surface area contributed by atoms with E-state index in [4.69, 9.17) is 17.3 Å². The lowest BCUT2D eigenvalue weighted by molar-refractivity contribution is 0.272. The molecule has 0 amide bonds. The second-order valence-electron chi connectivity index (χ2n) is 4.03. The predicted octanol–water partition coefficient (Wildman–Crippen LogP) is 2.23. The molecule has 0 radical (unpaired) electrons. The van der Waals surface area contributed by atoms with Crippen LogP contribution in [-0.2, 0) is 0 Å². The Labute approximate surface area is 89.3 Å². The molecule has 1 saturated carbocycles. The van der Waals surface area contributed by atoms with E-state index in [2.05, 4.69) is 9.55 Å². The molecule has 4 heteroatoms. The molecule has 3 nitrogen and oxygen atoms in total. The molecule has 1 heterocycles. The Hall–Kier alpha value is -0.540. The van der Waals surface area contributed by atoms with E-state index in [1.165, 1.54) is 19.3 Å². The van der Waals surface area contributed by atoms with Crippen LogP contribution in [0, 0.1) is 5.92 Å². The molecule has 0 aliphatic heterocycles. The maximum Gasteiger partial charge on any atom is 0.202 e. The zero-order valence-corrected chi connectivity index (χ0v) is 8.95. The highest BCUT2D eigenvalue weighted by Crippen LogP contribution is 2.33. The summed E-state index contributed by atoms with van der Waals surface area (Å²) in [6, 6.07) is 0.507. The van der Waals surface area contributed by atoms with Crippen LogP contribution in [0.25, 0.3) is 0 Å². The van der Waals surface area contributed by atoms with Gasteiger partial charge in [0.2, 0.25) is 5.28 Å². The van der Waals surface area contributed by atoms with Crippen molar-refractivity contribution < 1.29 is 0 Å². The first-order valence-electron chi connectivity index (χ1n) is 5.19. The number of aromatic nitrogens is 2. The van der Waals surface area contributed by atoms with Gasteiger partial charge >= 0.3 is 0 Å². The van der Waals surface area contributed by atoms with Crippen LogP contribution in [-0.4, -0.2) is 16.1 Å². The zero-order valence-electron chi connectivity index (χ0n) is 8.19. The van der Waals surface area contributed by atoms with Gasteiger partial charge in [-0.1, -0.05) is 6.42 Å². The van der Waals surface area contributed by atoms with Gasteiger partial charge in [0, 0.05) is 18.4 Å². The van der Waals surface area contributed by atoms with E-state index < -0.39 is 0 Å². The quantitative estimate of drug-likeness (QED) is 0.819. The van der Waals surface area contributed by atoms with Gasteiger partial charge in [-0.15, -0.1) is 0 Å². The number of hydrogen-bond acceptors (Lipinski definition) is 2. The standard InChI is InChI=1S/C10H16ClN3/c11-10-13-4-5-14(10)9-3-1-2-8(6-9)7-12/h4-5,8-9H,1-3,6-7,12H2. The van der Waals surface area contributed by atoms with Gasteiger partial charge in [0.15, 0.2) is 0 Å². The van der Waals surface area contributed by atoms with Crippen molar-refractivity contribution in [2.24, 2.45) is 11.7 Å². The van der Waals surface area contributed by atoms with Crippen LogP contribution >= 0.6 is 11.6 Å². The van der Waals surface area contributed by atoms with E-state index in [-0.39, 0.29) is 0 Å². The first-order valence-corrected chi connectivity index (χ1v) is 5.57. The lowest BCUT2D eigenvalue weighted by Crippen LogP contribution is -2.24. The van der Waals surface area contributed by atoms with Crippen LogP contribution in [0.1, 0.15) is 31.7 Å². The molecule has 1 aromatic rings. The van der Waals surface area contributed by atoms with E-state index in [9.17, 15) is 0 Å². The van der Waals surface area contributed by atoms with Gasteiger partial charge in [0.25, 0.3) is 0 Å². The summed E-state index contributed by atoms with van der Waals surface area (Å²) in [5, 5.41) is 0.604. The SMILES string of the molecule is NCC1CCCC(n2ccnc2Cl)C1. The third-order valence-electron chi connectivity index (χ3n) is 3.10. The molecule has 2 rings (SSSR count). The molecule has 0 saturated heterocycles. The van der Waals surface area contributed by atoms with Crippen molar-refractivity contribution >= 4 is 11.6 Å². The van der Waals surface area contributed by atoms with E-state index in [1.807, 2.05) is 6.20 Å². The fourth-order valence-corrected chi connectivity index (χ4v) is 2.55. The molecule has 2 atom stereocenters. The zero-order chi connectivity index (χ0) is 9.97. The summed E-state index contributed by atoms with van der Waals surface area (Å²) >= 11 is 5.98. The fraction of sp³-hybridized carbons (Fsp3) is 0.700. The summed E-state index contributed by atoms with van der Waals surface area (Å²) in [4.78, 5) is 4.04. The van der Waals surface area contributed by atoms with Gasteiger partial charge in [-0.3, -0.25) is 0 Å². The average molecular weight is 214 g/mol. The Morgan fingerprint density at radius 3 is 3.07 bits per heavy atom. The van der Waals surface area contributed by atoms with Crippen molar-refractivity contribution in [1.82, 2.24) is 9.55 Å². The van der Waals surface area contributed by atoms with Crippen molar-refractivity contribution in [1.29, 1.82) is 0 Å². The van der Waals surface area contributed by atoms with Crippen LogP contribution in [0.3, 0.4) is 0 Å². The highest BCUT2D eigenvalue weighted by atomic mass is 35.5. The Balaban J connectivity index is 2.08. The summed E-state index contributed by atoms with van der Waals surface area (Å²) in [7, 11) is 0. The largest absolute Gasteiger partial charge is 0.330 e. The fourth-order valence-electron chi connectivity index (χ4n) is 2.30. The predicted molar refractivity (Wildman–Crippen MR) is 57.3 cm³/mol. The number of rotatable bonds is 2. The number of nitrogens with two attached hydrogens (primary N) is 1. The lowest BCUT2D eigenvalue weighted by Gasteiger charge is -2.29. The minimum absolute atomic E-state index is 0.507. The van der Waals surface area contributed by atoms with Crippen molar-refractivity contribution in [2.75, 3.05) is 6.54 Å². The Morgan fingerprint density at radius 1 is 1.57 bits per heavy atom. The Morgan fingerprint density at radius 2 is 2.43 bits per heavy atom. The van der Waals surface area contributed by atoms with Crippen LogP contribution in [0.15, 0.2) is 12.4 Å². The summed E-state index contributed by atoms with van der Waals surface area (Å²) in [5.74, 6) is 0.659. The summed E-state index contributed by atoms with van der Waals surface area (Å²) in [5.41, 5.74) is 5.70. The average Bonchev–Trinajstić information content (AvgIpc) is 2.65. The van der Waals surface area contributed by atoms with Crippen molar-refractivity contribution in [3.63, 3.8) is 0 Å². The molecule has 1 aromatic heterocycles.